The second-order valence-corrected chi connectivity index (χ2v) is 12.1. The summed E-state index contributed by atoms with van der Waals surface area (Å²) >= 11 is 0. The monoisotopic (exact) mass is 600 g/mol. The lowest BCUT2D eigenvalue weighted by Crippen LogP contribution is -2.71. The third kappa shape index (κ3) is 5.41. The van der Waals surface area contributed by atoms with Crippen LogP contribution in [0, 0.1) is 23.7 Å². The number of hydrogen-bond donors (Lipinski definition) is 0. The van der Waals surface area contributed by atoms with E-state index in [9.17, 15) is 19.2 Å². The molecule has 14 heteroatoms. The van der Waals surface area contributed by atoms with E-state index in [2.05, 4.69) is 6.92 Å². The third-order valence-corrected chi connectivity index (χ3v) is 9.20. The van der Waals surface area contributed by atoms with E-state index in [4.69, 9.17) is 47.7 Å². The molecular weight excluding hydrogens is 560 g/mol. The molecule has 236 valence electrons. The lowest BCUT2D eigenvalue weighted by Gasteiger charge is -2.60. The molecule has 42 heavy (non-hydrogen) atoms. The van der Waals surface area contributed by atoms with Gasteiger partial charge in [0, 0.05) is 39.0 Å². The first kappa shape index (κ1) is 31.1. The van der Waals surface area contributed by atoms with Gasteiger partial charge in [0.15, 0.2) is 42.6 Å². The van der Waals surface area contributed by atoms with Crippen LogP contribution in [-0.4, -0.2) is 85.7 Å². The SMILES string of the molecule is COC(=O)[C@H]1O[C@H](O[C@H]2O[C@@H]3O[C@@]4(C)CC[C@H]5[C@H](C)CC[C@@H]([C@@H]2C)[C@@]35OO4)[C@H](OC(C)=O)[C@@H](OC(C)=O)[C@@H]1OC(C)=O. The Kier molecular flexibility index (Phi) is 8.60. The van der Waals surface area contributed by atoms with Crippen LogP contribution in [0.5, 0.6) is 0 Å². The van der Waals surface area contributed by atoms with E-state index in [1.807, 2.05) is 6.92 Å². The number of rotatable bonds is 6. The summed E-state index contributed by atoms with van der Waals surface area (Å²) in [5.74, 6) is -4.19. The van der Waals surface area contributed by atoms with Crippen molar-refractivity contribution < 1.29 is 66.8 Å². The molecule has 6 fully saturated rings. The quantitative estimate of drug-likeness (QED) is 0.247. The van der Waals surface area contributed by atoms with Gasteiger partial charge < -0.3 is 37.9 Å². The molecule has 6 aliphatic rings. The lowest BCUT2D eigenvalue weighted by atomic mass is 9.58. The molecule has 1 saturated carbocycles. The summed E-state index contributed by atoms with van der Waals surface area (Å²) < 4.78 is 46.3. The zero-order valence-electron chi connectivity index (χ0n) is 24.9. The third-order valence-electron chi connectivity index (χ3n) is 9.20. The minimum atomic E-state index is -1.58. The molecule has 5 saturated heterocycles. The van der Waals surface area contributed by atoms with Gasteiger partial charge in [0.05, 0.1) is 7.11 Å². The summed E-state index contributed by atoms with van der Waals surface area (Å²) in [6.07, 6.45) is -6.10. The lowest BCUT2D eigenvalue weighted by molar-refractivity contribution is -0.579. The second-order valence-electron chi connectivity index (χ2n) is 12.1. The van der Waals surface area contributed by atoms with Gasteiger partial charge in [-0.25, -0.2) is 14.6 Å². The molecule has 1 spiro atoms. The average Bonchev–Trinajstić information content (AvgIpc) is 3.14. The standard InChI is InChI=1S/C28H40O14/c1-12-8-9-18-13(2)24(39-26-28(18)17(12)10-11-27(6,40-26)41-42-28)38-25-22(36-16(5)31)20(35-15(4)30)19(34-14(3)29)21(37-25)23(32)33-7/h12-13,17-22,24-26H,8-11H2,1-7H3/t12-,13+,17+,18+,19+,20+,21+,22-,24+,25-,26-,27-,28-/m1/s1. The van der Waals surface area contributed by atoms with E-state index < -0.39 is 78.6 Å². The topological polar surface area (TPSA) is 161 Å². The van der Waals surface area contributed by atoms with Crippen LogP contribution in [0.4, 0.5) is 0 Å². The summed E-state index contributed by atoms with van der Waals surface area (Å²) in [5, 5.41) is 0. The molecule has 0 aromatic rings. The van der Waals surface area contributed by atoms with Crippen molar-refractivity contribution in [3.8, 4) is 0 Å². The normalized spacial score (nSPS) is 46.0. The summed E-state index contributed by atoms with van der Waals surface area (Å²) in [6, 6.07) is 0. The van der Waals surface area contributed by atoms with Crippen molar-refractivity contribution in [2.24, 2.45) is 23.7 Å². The molecule has 0 unspecified atom stereocenters. The van der Waals surface area contributed by atoms with Crippen molar-refractivity contribution in [1.82, 2.24) is 0 Å². The van der Waals surface area contributed by atoms with Crippen LogP contribution in [0.2, 0.25) is 0 Å². The van der Waals surface area contributed by atoms with Gasteiger partial charge in [-0.05, 0) is 38.0 Å². The molecule has 0 N–H and O–H groups in total. The highest BCUT2D eigenvalue weighted by atomic mass is 17.3. The van der Waals surface area contributed by atoms with Crippen LogP contribution in [-0.2, 0) is 66.8 Å². The summed E-state index contributed by atoms with van der Waals surface area (Å²) in [5.41, 5.74) is -0.856. The Bertz CT molecular complexity index is 1080. The van der Waals surface area contributed by atoms with Gasteiger partial charge >= 0.3 is 23.9 Å². The molecule has 0 radical (unpaired) electrons. The fraction of sp³-hybridized carbons (Fsp3) is 0.857. The van der Waals surface area contributed by atoms with Crippen LogP contribution >= 0.6 is 0 Å². The number of ether oxygens (including phenoxy) is 8. The van der Waals surface area contributed by atoms with E-state index in [0.717, 1.165) is 47.1 Å². The minimum Gasteiger partial charge on any atom is -0.467 e. The van der Waals surface area contributed by atoms with Gasteiger partial charge in [-0.15, -0.1) is 0 Å². The molecule has 0 amide bonds. The summed E-state index contributed by atoms with van der Waals surface area (Å²) in [4.78, 5) is 61.2. The van der Waals surface area contributed by atoms with Crippen LogP contribution in [0.3, 0.4) is 0 Å². The predicted octanol–water partition coefficient (Wildman–Crippen LogP) is 1.90. The number of methoxy groups -OCH3 is 1. The molecule has 2 bridgehead atoms. The maximum absolute atomic E-state index is 12.8. The van der Waals surface area contributed by atoms with Crippen LogP contribution in [0.15, 0.2) is 0 Å². The van der Waals surface area contributed by atoms with Gasteiger partial charge in [0.2, 0.25) is 12.1 Å². The first-order valence-electron chi connectivity index (χ1n) is 14.4. The molecule has 5 aliphatic heterocycles. The van der Waals surface area contributed by atoms with Crippen molar-refractivity contribution in [1.29, 1.82) is 0 Å². The average molecular weight is 601 g/mol. The maximum atomic E-state index is 12.8. The predicted molar refractivity (Wildman–Crippen MR) is 135 cm³/mol. The molecule has 1 aliphatic carbocycles. The van der Waals surface area contributed by atoms with Crippen LogP contribution < -0.4 is 0 Å². The fourth-order valence-corrected chi connectivity index (χ4v) is 7.35. The Morgan fingerprint density at radius 3 is 2.05 bits per heavy atom. The number of hydrogen-bond acceptors (Lipinski definition) is 14. The molecule has 13 atom stereocenters. The molecule has 5 heterocycles. The molecular formula is C28H40O14. The highest BCUT2D eigenvalue weighted by molar-refractivity contribution is 5.77. The van der Waals surface area contributed by atoms with E-state index in [-0.39, 0.29) is 17.8 Å². The van der Waals surface area contributed by atoms with Crippen LogP contribution in [0.25, 0.3) is 0 Å². The zero-order chi connectivity index (χ0) is 30.6. The number of carbonyl (C=O) groups is 4. The fourth-order valence-electron chi connectivity index (χ4n) is 7.35. The van der Waals surface area contributed by atoms with Gasteiger partial charge in [-0.1, -0.05) is 13.8 Å². The Labute approximate surface area is 243 Å². The highest BCUT2D eigenvalue weighted by Gasteiger charge is 2.70. The smallest absolute Gasteiger partial charge is 0.339 e. The number of esters is 4. The van der Waals surface area contributed by atoms with Crippen molar-refractivity contribution in [3.63, 3.8) is 0 Å². The van der Waals surface area contributed by atoms with Gasteiger partial charge in [-0.2, -0.15) is 0 Å². The van der Waals surface area contributed by atoms with Crippen molar-refractivity contribution in [3.05, 3.63) is 0 Å². The highest BCUT2D eigenvalue weighted by Crippen LogP contribution is 2.60. The summed E-state index contributed by atoms with van der Waals surface area (Å²) in [6.45, 7) is 9.33. The van der Waals surface area contributed by atoms with E-state index in [1.165, 1.54) is 0 Å². The largest absolute Gasteiger partial charge is 0.467 e. The van der Waals surface area contributed by atoms with Crippen LogP contribution in [0.1, 0.15) is 67.2 Å². The van der Waals surface area contributed by atoms with Gasteiger partial charge in [0.25, 0.3) is 0 Å². The Hall–Kier alpha value is -2.36. The number of fused-ring (bicyclic) bond motifs is 2. The zero-order valence-corrected chi connectivity index (χ0v) is 24.9. The van der Waals surface area contributed by atoms with Gasteiger partial charge in [0.1, 0.15) is 0 Å². The van der Waals surface area contributed by atoms with Crippen molar-refractivity contribution in [2.75, 3.05) is 7.11 Å². The molecule has 6 rings (SSSR count). The van der Waals surface area contributed by atoms with Crippen molar-refractivity contribution >= 4 is 23.9 Å². The Morgan fingerprint density at radius 2 is 1.40 bits per heavy atom. The first-order chi connectivity index (χ1) is 19.8. The first-order valence-corrected chi connectivity index (χ1v) is 14.4. The Morgan fingerprint density at radius 1 is 0.762 bits per heavy atom. The molecule has 0 aromatic carbocycles. The van der Waals surface area contributed by atoms with E-state index in [1.54, 1.807) is 6.92 Å². The minimum absolute atomic E-state index is 0.102. The van der Waals surface area contributed by atoms with Gasteiger partial charge in [-0.3, -0.25) is 14.4 Å². The second kappa shape index (κ2) is 11.6. The van der Waals surface area contributed by atoms with E-state index in [0.29, 0.717) is 12.3 Å². The molecule has 14 nitrogen and oxygen atoms in total. The molecule has 0 aromatic heterocycles. The van der Waals surface area contributed by atoms with E-state index >= 15 is 0 Å². The number of carbonyl (C=O) groups excluding carboxylic acids is 4. The maximum Gasteiger partial charge on any atom is 0.339 e. The summed E-state index contributed by atoms with van der Waals surface area (Å²) in [7, 11) is 1.12. The van der Waals surface area contributed by atoms with Crippen molar-refractivity contribution in [2.45, 2.75) is 122 Å². The Balaban J connectivity index is 1.49.